The molecule has 1 aliphatic heterocycles. The Morgan fingerprint density at radius 2 is 2.32 bits per heavy atom. The highest BCUT2D eigenvalue weighted by molar-refractivity contribution is 5.78. The van der Waals surface area contributed by atoms with E-state index in [0.717, 1.165) is 18.4 Å². The van der Waals surface area contributed by atoms with E-state index in [1.165, 1.54) is 6.33 Å². The first kappa shape index (κ1) is 13.6. The lowest BCUT2D eigenvalue weighted by Gasteiger charge is -2.34. The van der Waals surface area contributed by atoms with Gasteiger partial charge in [0.1, 0.15) is 18.2 Å². The first-order valence-electron chi connectivity index (χ1n) is 6.59. The topological polar surface area (TPSA) is 75.6 Å². The third kappa shape index (κ3) is 2.77. The number of anilines is 1. The van der Waals surface area contributed by atoms with Gasteiger partial charge in [-0.2, -0.15) is 0 Å². The number of hydrogen-bond acceptors (Lipinski definition) is 5. The number of hydrogen-bond donors (Lipinski definition) is 1. The first-order chi connectivity index (χ1) is 9.15. The highest BCUT2D eigenvalue weighted by atomic mass is 16.5. The van der Waals surface area contributed by atoms with Crippen LogP contribution in [0.15, 0.2) is 6.33 Å². The number of carboxylic acid groups (broad SMARTS) is 1. The van der Waals surface area contributed by atoms with E-state index in [9.17, 15) is 9.90 Å². The van der Waals surface area contributed by atoms with Crippen molar-refractivity contribution >= 4 is 11.8 Å². The van der Waals surface area contributed by atoms with Crippen molar-refractivity contribution < 1.29 is 14.6 Å². The van der Waals surface area contributed by atoms with Gasteiger partial charge in [-0.3, -0.25) is 0 Å². The molecule has 0 aromatic carbocycles. The summed E-state index contributed by atoms with van der Waals surface area (Å²) in [7, 11) is 0. The van der Waals surface area contributed by atoms with Gasteiger partial charge in [-0.15, -0.1) is 0 Å². The van der Waals surface area contributed by atoms with Crippen molar-refractivity contribution in [1.29, 1.82) is 0 Å². The van der Waals surface area contributed by atoms with E-state index < -0.39 is 12.0 Å². The number of nitrogens with zero attached hydrogens (tertiary/aromatic N) is 3. The van der Waals surface area contributed by atoms with Crippen LogP contribution in [0.3, 0.4) is 0 Å². The zero-order valence-electron chi connectivity index (χ0n) is 11.3. The van der Waals surface area contributed by atoms with Gasteiger partial charge in [0.15, 0.2) is 0 Å². The molecule has 2 heterocycles. The molecule has 0 aliphatic carbocycles. The second-order valence-corrected chi connectivity index (χ2v) is 4.60. The zero-order chi connectivity index (χ0) is 13.8. The fourth-order valence-electron chi connectivity index (χ4n) is 2.44. The van der Waals surface area contributed by atoms with E-state index in [4.69, 9.17) is 4.74 Å². The number of aromatic nitrogens is 2. The van der Waals surface area contributed by atoms with Gasteiger partial charge in [0.25, 0.3) is 0 Å². The van der Waals surface area contributed by atoms with Crippen molar-refractivity contribution in [2.24, 2.45) is 0 Å². The second-order valence-electron chi connectivity index (χ2n) is 4.60. The number of rotatable bonds is 4. The van der Waals surface area contributed by atoms with Crippen molar-refractivity contribution in [3.8, 4) is 5.88 Å². The summed E-state index contributed by atoms with van der Waals surface area (Å²) in [5, 5.41) is 9.32. The summed E-state index contributed by atoms with van der Waals surface area (Å²) in [6.45, 7) is 5.00. The molecular weight excluding hydrogens is 246 g/mol. The van der Waals surface area contributed by atoms with Gasteiger partial charge >= 0.3 is 5.97 Å². The molecule has 1 aliphatic rings. The summed E-state index contributed by atoms with van der Waals surface area (Å²) >= 11 is 0. The predicted molar refractivity (Wildman–Crippen MR) is 70.6 cm³/mol. The molecule has 0 saturated carbocycles. The highest BCUT2D eigenvalue weighted by Gasteiger charge is 2.30. The predicted octanol–water partition coefficient (Wildman–Crippen LogP) is 1.63. The minimum atomic E-state index is -0.796. The maximum Gasteiger partial charge on any atom is 0.326 e. The standard InChI is InChI=1S/C13H19N3O3/c1-3-19-12-9(2)11(14-8-15-12)16-7-5-4-6-10(16)13(17)18/h8,10H,3-7H2,1-2H3,(H,17,18). The van der Waals surface area contributed by atoms with E-state index in [-0.39, 0.29) is 0 Å². The molecule has 0 spiro atoms. The molecule has 2 rings (SSSR count). The van der Waals surface area contributed by atoms with Crippen LogP contribution >= 0.6 is 0 Å². The monoisotopic (exact) mass is 265 g/mol. The number of piperidine rings is 1. The molecule has 19 heavy (non-hydrogen) atoms. The minimum absolute atomic E-state index is 0.503. The first-order valence-corrected chi connectivity index (χ1v) is 6.59. The van der Waals surface area contributed by atoms with Gasteiger partial charge in [0.05, 0.1) is 12.2 Å². The van der Waals surface area contributed by atoms with Crippen molar-refractivity contribution in [3.63, 3.8) is 0 Å². The van der Waals surface area contributed by atoms with Crippen molar-refractivity contribution in [2.75, 3.05) is 18.1 Å². The van der Waals surface area contributed by atoms with E-state index in [1.807, 2.05) is 18.7 Å². The van der Waals surface area contributed by atoms with E-state index in [2.05, 4.69) is 9.97 Å². The molecule has 6 nitrogen and oxygen atoms in total. The van der Waals surface area contributed by atoms with Crippen LogP contribution in [0.1, 0.15) is 31.7 Å². The molecule has 1 saturated heterocycles. The summed E-state index contributed by atoms with van der Waals surface area (Å²) in [5.41, 5.74) is 0.803. The molecule has 6 heteroatoms. The summed E-state index contributed by atoms with van der Waals surface area (Å²) in [5.74, 6) is 0.406. The molecule has 1 atom stereocenters. The average Bonchev–Trinajstić information content (AvgIpc) is 2.41. The lowest BCUT2D eigenvalue weighted by atomic mass is 10.0. The van der Waals surface area contributed by atoms with Crippen LogP contribution in [-0.2, 0) is 4.79 Å². The highest BCUT2D eigenvalue weighted by Crippen LogP contribution is 2.29. The van der Waals surface area contributed by atoms with Gasteiger partial charge in [-0.1, -0.05) is 0 Å². The average molecular weight is 265 g/mol. The molecule has 1 aromatic heterocycles. The van der Waals surface area contributed by atoms with Gasteiger partial charge < -0.3 is 14.7 Å². The smallest absolute Gasteiger partial charge is 0.326 e. The Balaban J connectivity index is 2.33. The Morgan fingerprint density at radius 1 is 1.53 bits per heavy atom. The lowest BCUT2D eigenvalue weighted by Crippen LogP contribution is -2.45. The van der Waals surface area contributed by atoms with Gasteiger partial charge in [0.2, 0.25) is 5.88 Å². The van der Waals surface area contributed by atoms with Crippen LogP contribution in [-0.4, -0.2) is 40.2 Å². The second kappa shape index (κ2) is 5.86. The Morgan fingerprint density at radius 3 is 3.00 bits per heavy atom. The van der Waals surface area contributed by atoms with Crippen molar-refractivity contribution in [2.45, 2.75) is 39.2 Å². The Labute approximate surface area is 112 Å². The van der Waals surface area contributed by atoms with Crippen LogP contribution in [0.25, 0.3) is 0 Å². The molecule has 0 amide bonds. The molecule has 1 aromatic rings. The van der Waals surface area contributed by atoms with Crippen LogP contribution < -0.4 is 9.64 Å². The van der Waals surface area contributed by atoms with Crippen LogP contribution in [0, 0.1) is 6.92 Å². The van der Waals surface area contributed by atoms with Gasteiger partial charge in [-0.05, 0) is 33.1 Å². The third-order valence-electron chi connectivity index (χ3n) is 3.35. The zero-order valence-corrected chi connectivity index (χ0v) is 11.3. The SMILES string of the molecule is CCOc1ncnc(N2CCCCC2C(=O)O)c1C. The van der Waals surface area contributed by atoms with E-state index in [0.29, 0.717) is 31.3 Å². The summed E-state index contributed by atoms with van der Waals surface area (Å²) in [6.07, 6.45) is 4.01. The summed E-state index contributed by atoms with van der Waals surface area (Å²) < 4.78 is 5.44. The Bertz CT molecular complexity index is 464. The molecule has 1 fully saturated rings. The number of ether oxygens (including phenoxy) is 1. The fraction of sp³-hybridized carbons (Fsp3) is 0.615. The number of carboxylic acids is 1. The molecule has 1 N–H and O–H groups in total. The van der Waals surface area contributed by atoms with Crippen molar-refractivity contribution in [1.82, 2.24) is 9.97 Å². The summed E-state index contributed by atoms with van der Waals surface area (Å²) in [6, 6.07) is -0.503. The van der Waals surface area contributed by atoms with E-state index in [1.54, 1.807) is 0 Å². The molecule has 0 bridgehead atoms. The quantitative estimate of drug-likeness (QED) is 0.891. The fourth-order valence-corrected chi connectivity index (χ4v) is 2.44. The third-order valence-corrected chi connectivity index (χ3v) is 3.35. The molecule has 1 unspecified atom stereocenters. The Hall–Kier alpha value is -1.85. The number of aliphatic carboxylic acids is 1. The Kier molecular flexibility index (Phi) is 4.19. The van der Waals surface area contributed by atoms with Crippen LogP contribution in [0.4, 0.5) is 5.82 Å². The maximum absolute atomic E-state index is 11.3. The normalized spacial score (nSPS) is 19.3. The van der Waals surface area contributed by atoms with Gasteiger partial charge in [-0.25, -0.2) is 14.8 Å². The molecular formula is C13H19N3O3. The molecule has 104 valence electrons. The van der Waals surface area contributed by atoms with Gasteiger partial charge in [0, 0.05) is 6.54 Å². The largest absolute Gasteiger partial charge is 0.480 e. The maximum atomic E-state index is 11.3. The lowest BCUT2D eigenvalue weighted by molar-refractivity contribution is -0.139. The molecule has 0 radical (unpaired) electrons. The summed E-state index contributed by atoms with van der Waals surface area (Å²) in [4.78, 5) is 21.5. The van der Waals surface area contributed by atoms with E-state index >= 15 is 0 Å². The van der Waals surface area contributed by atoms with Crippen LogP contribution in [0.2, 0.25) is 0 Å². The van der Waals surface area contributed by atoms with Crippen molar-refractivity contribution in [3.05, 3.63) is 11.9 Å². The number of carbonyl (C=O) groups is 1. The minimum Gasteiger partial charge on any atom is -0.480 e. The van der Waals surface area contributed by atoms with Crippen LogP contribution in [0.5, 0.6) is 5.88 Å².